The van der Waals surface area contributed by atoms with Crippen molar-refractivity contribution in [2.24, 2.45) is 5.92 Å². The van der Waals surface area contributed by atoms with Crippen LogP contribution in [0.5, 0.6) is 23.0 Å². The van der Waals surface area contributed by atoms with Gasteiger partial charge in [-0.1, -0.05) is 19.9 Å². The molecule has 0 aliphatic heterocycles. The average molecular weight is 533 g/mol. The number of pyridine rings is 1. The molecule has 1 N–H and O–H groups in total. The molecule has 0 aliphatic rings. The molecule has 3 atom stereocenters. The monoisotopic (exact) mass is 532 g/mol. The van der Waals surface area contributed by atoms with Gasteiger partial charge in [0, 0.05) is 36.7 Å². The molecule has 208 valence electrons. The van der Waals surface area contributed by atoms with Gasteiger partial charge in [-0.15, -0.1) is 0 Å². The van der Waals surface area contributed by atoms with Gasteiger partial charge in [0.25, 0.3) is 5.91 Å². The Kier molecular flexibility index (Phi) is 11.2. The predicted octanol–water partition coefficient (Wildman–Crippen LogP) is 3.50. The van der Waals surface area contributed by atoms with Crippen molar-refractivity contribution < 1.29 is 42.8 Å². The molecule has 38 heavy (non-hydrogen) atoms. The average Bonchev–Trinajstić information content (AvgIpc) is 2.88. The molecule has 0 fully saturated rings. The first-order valence-corrected chi connectivity index (χ1v) is 12.1. The topological polar surface area (TPSA) is 132 Å². The van der Waals surface area contributed by atoms with Gasteiger partial charge in [0.15, 0.2) is 17.2 Å². The molecule has 11 nitrogen and oxygen atoms in total. The summed E-state index contributed by atoms with van der Waals surface area (Å²) in [5.74, 6) is -0.536. The van der Waals surface area contributed by atoms with Crippen LogP contribution in [0.3, 0.4) is 0 Å². The van der Waals surface area contributed by atoms with Crippen LogP contribution < -0.4 is 24.3 Å². The lowest BCUT2D eigenvalue weighted by atomic mass is 9.83. The number of carbonyl (C=O) groups is 3. The van der Waals surface area contributed by atoms with Gasteiger partial charge >= 0.3 is 11.9 Å². The number of amides is 1. The fourth-order valence-corrected chi connectivity index (χ4v) is 3.99. The Morgan fingerprint density at radius 1 is 0.947 bits per heavy atom. The molecule has 0 unspecified atom stereocenters. The summed E-state index contributed by atoms with van der Waals surface area (Å²) in [5.41, 5.74) is 0.725. The molecule has 0 saturated heterocycles. The number of hydrogen-bond donors (Lipinski definition) is 1. The van der Waals surface area contributed by atoms with Crippen LogP contribution in [-0.2, 0) is 19.1 Å². The second-order valence-electron chi connectivity index (χ2n) is 8.80. The van der Waals surface area contributed by atoms with E-state index in [9.17, 15) is 14.4 Å². The standard InChI is InChI=1S/C27H36N2O9/c1-15(2)23(20-10-9-19(33-6)13-22(20)35-8)17(4)38-27(32)16(3)29-26(31)24-25(37-14-36-18(5)30)21(34-7)11-12-28-24/h9-13,15-17,23H,14H2,1-8H3,(H,29,31)/t16-,17-,23+/m0/s1. The van der Waals surface area contributed by atoms with Gasteiger partial charge in [-0.25, -0.2) is 9.78 Å². The zero-order valence-corrected chi connectivity index (χ0v) is 23.0. The van der Waals surface area contributed by atoms with Gasteiger partial charge in [-0.3, -0.25) is 9.59 Å². The minimum Gasteiger partial charge on any atom is -0.497 e. The molecular formula is C27H36N2O9. The van der Waals surface area contributed by atoms with Crippen molar-refractivity contribution >= 4 is 17.8 Å². The number of esters is 2. The largest absolute Gasteiger partial charge is 0.497 e. The molecule has 1 amide bonds. The summed E-state index contributed by atoms with van der Waals surface area (Å²) in [6.07, 6.45) is 0.814. The van der Waals surface area contributed by atoms with E-state index in [-0.39, 0.29) is 29.0 Å². The Bertz CT molecular complexity index is 1120. The molecular weight excluding hydrogens is 496 g/mol. The summed E-state index contributed by atoms with van der Waals surface area (Å²) in [6, 6.07) is 5.98. The van der Waals surface area contributed by atoms with Gasteiger partial charge in [-0.05, 0) is 25.8 Å². The molecule has 1 heterocycles. The number of hydrogen-bond acceptors (Lipinski definition) is 10. The Labute approximate surface area is 222 Å². The minimum atomic E-state index is -1.01. The van der Waals surface area contributed by atoms with E-state index in [1.807, 2.05) is 26.0 Å². The number of nitrogens with one attached hydrogen (secondary N) is 1. The lowest BCUT2D eigenvalue weighted by molar-refractivity contribution is -0.152. The van der Waals surface area contributed by atoms with Gasteiger partial charge in [-0.2, -0.15) is 0 Å². The van der Waals surface area contributed by atoms with Crippen molar-refractivity contribution in [1.82, 2.24) is 10.3 Å². The van der Waals surface area contributed by atoms with Crippen molar-refractivity contribution in [3.63, 3.8) is 0 Å². The molecule has 0 radical (unpaired) electrons. The van der Waals surface area contributed by atoms with Crippen molar-refractivity contribution in [2.75, 3.05) is 28.1 Å². The number of aromatic nitrogens is 1. The number of nitrogens with zero attached hydrogens (tertiary/aromatic N) is 1. The lowest BCUT2D eigenvalue weighted by Gasteiger charge is -2.30. The molecule has 0 saturated carbocycles. The van der Waals surface area contributed by atoms with Crippen LogP contribution in [0, 0.1) is 5.92 Å². The minimum absolute atomic E-state index is 0.0332. The van der Waals surface area contributed by atoms with E-state index >= 15 is 0 Å². The second kappa shape index (κ2) is 14.1. The van der Waals surface area contributed by atoms with Crippen LogP contribution in [0.1, 0.15) is 56.6 Å². The summed E-state index contributed by atoms with van der Waals surface area (Å²) in [6.45, 7) is 8.13. The summed E-state index contributed by atoms with van der Waals surface area (Å²) in [7, 11) is 4.53. The molecule has 0 bridgehead atoms. The van der Waals surface area contributed by atoms with E-state index < -0.39 is 36.8 Å². The van der Waals surface area contributed by atoms with Crippen molar-refractivity contribution in [3.8, 4) is 23.0 Å². The lowest BCUT2D eigenvalue weighted by Crippen LogP contribution is -2.42. The van der Waals surface area contributed by atoms with Crippen LogP contribution >= 0.6 is 0 Å². The molecule has 2 aromatic rings. The van der Waals surface area contributed by atoms with Crippen LogP contribution in [0.4, 0.5) is 0 Å². The first-order valence-electron chi connectivity index (χ1n) is 12.1. The Balaban J connectivity index is 2.17. The van der Waals surface area contributed by atoms with E-state index in [0.717, 1.165) is 5.56 Å². The number of rotatable bonds is 13. The molecule has 0 aliphatic carbocycles. The third-order valence-electron chi connectivity index (χ3n) is 5.80. The summed E-state index contributed by atoms with van der Waals surface area (Å²) in [4.78, 5) is 41.1. The van der Waals surface area contributed by atoms with Gasteiger partial charge in [0.1, 0.15) is 23.6 Å². The van der Waals surface area contributed by atoms with Crippen molar-refractivity contribution in [1.29, 1.82) is 0 Å². The molecule has 11 heteroatoms. The Morgan fingerprint density at radius 2 is 1.63 bits per heavy atom. The summed E-state index contributed by atoms with van der Waals surface area (Å²) < 4.78 is 32.0. The van der Waals surface area contributed by atoms with E-state index in [2.05, 4.69) is 10.3 Å². The maximum atomic E-state index is 13.0. The van der Waals surface area contributed by atoms with Gasteiger partial charge in [0.05, 0.1) is 21.3 Å². The first kappa shape index (κ1) is 30.2. The van der Waals surface area contributed by atoms with E-state index in [1.165, 1.54) is 33.2 Å². The van der Waals surface area contributed by atoms with Crippen LogP contribution in [0.15, 0.2) is 30.5 Å². The summed E-state index contributed by atoms with van der Waals surface area (Å²) in [5, 5.41) is 2.58. The molecule has 2 rings (SSSR count). The fourth-order valence-electron chi connectivity index (χ4n) is 3.99. The highest BCUT2D eigenvalue weighted by Crippen LogP contribution is 2.38. The van der Waals surface area contributed by atoms with Gasteiger partial charge in [0.2, 0.25) is 6.79 Å². The van der Waals surface area contributed by atoms with Crippen LogP contribution in [0.25, 0.3) is 0 Å². The zero-order chi connectivity index (χ0) is 28.4. The molecule has 1 aromatic heterocycles. The highest BCUT2D eigenvalue weighted by molar-refractivity contribution is 5.98. The molecule has 1 aromatic carbocycles. The molecule has 0 spiro atoms. The van der Waals surface area contributed by atoms with Gasteiger partial charge < -0.3 is 33.7 Å². The third kappa shape index (κ3) is 7.74. The maximum Gasteiger partial charge on any atom is 0.328 e. The number of methoxy groups -OCH3 is 3. The zero-order valence-electron chi connectivity index (χ0n) is 23.0. The SMILES string of the molecule is COc1ccc([C@H](C(C)C)[C@H](C)OC(=O)[C@H](C)NC(=O)c2nccc(OC)c2OCOC(C)=O)c(OC)c1. The van der Waals surface area contributed by atoms with Crippen LogP contribution in [0.2, 0.25) is 0 Å². The summed E-state index contributed by atoms with van der Waals surface area (Å²) >= 11 is 0. The first-order chi connectivity index (χ1) is 18.0. The smallest absolute Gasteiger partial charge is 0.328 e. The number of ether oxygens (including phenoxy) is 6. The fraction of sp³-hybridized carbons (Fsp3) is 0.481. The van der Waals surface area contributed by atoms with Crippen molar-refractivity contribution in [2.45, 2.75) is 52.7 Å². The highest BCUT2D eigenvalue weighted by atomic mass is 16.7. The maximum absolute atomic E-state index is 13.0. The van der Waals surface area contributed by atoms with E-state index in [4.69, 9.17) is 28.4 Å². The number of benzene rings is 1. The number of carbonyl (C=O) groups excluding carboxylic acids is 3. The van der Waals surface area contributed by atoms with E-state index in [0.29, 0.717) is 11.5 Å². The normalized spacial score (nSPS) is 13.1. The Hall–Kier alpha value is -4.02. The Morgan fingerprint density at radius 3 is 2.21 bits per heavy atom. The van der Waals surface area contributed by atoms with Crippen molar-refractivity contribution in [3.05, 3.63) is 41.7 Å². The quantitative estimate of drug-likeness (QED) is 0.302. The second-order valence-corrected chi connectivity index (χ2v) is 8.80. The van der Waals surface area contributed by atoms with Crippen LogP contribution in [-0.4, -0.2) is 63.1 Å². The highest BCUT2D eigenvalue weighted by Gasteiger charge is 2.31. The van der Waals surface area contributed by atoms with E-state index in [1.54, 1.807) is 27.2 Å². The third-order valence-corrected chi connectivity index (χ3v) is 5.80. The predicted molar refractivity (Wildman–Crippen MR) is 138 cm³/mol.